The van der Waals surface area contributed by atoms with E-state index in [0.717, 1.165) is 16.7 Å². The molecule has 0 saturated carbocycles. The van der Waals surface area contributed by atoms with Crippen LogP contribution in [0.3, 0.4) is 0 Å². The fourth-order valence-electron chi connectivity index (χ4n) is 3.37. The average Bonchev–Trinajstić information content (AvgIpc) is 2.69. The van der Waals surface area contributed by atoms with E-state index < -0.39 is 11.5 Å². The zero-order valence-electron chi connectivity index (χ0n) is 15.2. The van der Waals surface area contributed by atoms with Gasteiger partial charge in [-0.1, -0.05) is 36.4 Å². The van der Waals surface area contributed by atoms with Gasteiger partial charge >= 0.3 is 0 Å². The van der Waals surface area contributed by atoms with Gasteiger partial charge in [-0.15, -0.1) is 0 Å². The summed E-state index contributed by atoms with van der Waals surface area (Å²) in [5.74, 6) is -0.725. The van der Waals surface area contributed by atoms with E-state index in [-0.39, 0.29) is 18.0 Å². The van der Waals surface area contributed by atoms with E-state index in [1.54, 1.807) is 12.1 Å². The van der Waals surface area contributed by atoms with Crippen LogP contribution in [0, 0.1) is 23.1 Å². The van der Waals surface area contributed by atoms with Crippen LogP contribution >= 0.6 is 0 Å². The Hall–Kier alpha value is -2.55. The summed E-state index contributed by atoms with van der Waals surface area (Å²) in [6.45, 7) is 0.981. The van der Waals surface area contributed by atoms with Crippen molar-refractivity contribution < 1.29 is 13.9 Å². The fourth-order valence-corrected chi connectivity index (χ4v) is 3.37. The number of nitriles is 1. The van der Waals surface area contributed by atoms with Gasteiger partial charge in [0.05, 0.1) is 17.5 Å². The van der Waals surface area contributed by atoms with E-state index in [4.69, 9.17) is 10.5 Å². The molecule has 1 fully saturated rings. The third-order valence-electron chi connectivity index (χ3n) is 5.17. The van der Waals surface area contributed by atoms with Gasteiger partial charge < -0.3 is 10.5 Å². The lowest BCUT2D eigenvalue weighted by Crippen LogP contribution is -2.52. The summed E-state index contributed by atoms with van der Waals surface area (Å²) in [4.78, 5) is 12.6. The predicted molar refractivity (Wildman–Crippen MR) is 101 cm³/mol. The third kappa shape index (κ3) is 4.79. The molecule has 0 radical (unpaired) electrons. The maximum atomic E-state index is 13.0. The van der Waals surface area contributed by atoms with Crippen molar-refractivity contribution in [2.75, 3.05) is 13.2 Å². The van der Waals surface area contributed by atoms with Crippen LogP contribution in [-0.4, -0.2) is 24.5 Å². The Labute approximate surface area is 158 Å². The number of hydrogen-bond donors (Lipinski definition) is 1. The summed E-state index contributed by atoms with van der Waals surface area (Å²) >= 11 is 0. The summed E-state index contributed by atoms with van der Waals surface area (Å²) in [5.41, 5.74) is 8.26. The number of nitrogens with zero attached hydrogens (tertiary/aromatic N) is 1. The summed E-state index contributed by atoms with van der Waals surface area (Å²) in [5, 5.41) is 9.47. The van der Waals surface area contributed by atoms with Crippen molar-refractivity contribution in [1.82, 2.24) is 0 Å². The van der Waals surface area contributed by atoms with Crippen LogP contribution in [0.2, 0.25) is 0 Å². The first-order valence-electron chi connectivity index (χ1n) is 9.14. The van der Waals surface area contributed by atoms with Gasteiger partial charge in [0.15, 0.2) is 5.78 Å². The van der Waals surface area contributed by atoms with Gasteiger partial charge in [0.2, 0.25) is 0 Å². The molecular weight excluding hydrogens is 343 g/mol. The van der Waals surface area contributed by atoms with Gasteiger partial charge in [-0.3, -0.25) is 4.79 Å². The number of hydrogen-bond acceptors (Lipinski definition) is 4. The van der Waals surface area contributed by atoms with Crippen LogP contribution in [0.15, 0.2) is 48.5 Å². The molecule has 4 nitrogen and oxygen atoms in total. The molecule has 0 aliphatic carbocycles. The van der Waals surface area contributed by atoms with Gasteiger partial charge in [-0.2, -0.15) is 5.26 Å². The summed E-state index contributed by atoms with van der Waals surface area (Å²) in [6.07, 6.45) is 1.68. The number of ketones is 1. The molecule has 2 aromatic carbocycles. The van der Waals surface area contributed by atoms with E-state index in [1.807, 2.05) is 24.3 Å². The maximum Gasteiger partial charge on any atom is 0.154 e. The Morgan fingerprint density at radius 3 is 2.22 bits per heavy atom. The molecule has 2 N–H and O–H groups in total. The molecule has 0 unspecified atom stereocenters. The van der Waals surface area contributed by atoms with E-state index in [9.17, 15) is 14.4 Å². The summed E-state index contributed by atoms with van der Waals surface area (Å²) < 4.78 is 18.3. The number of benzene rings is 2. The zero-order chi connectivity index (χ0) is 19.3. The third-order valence-corrected chi connectivity index (χ3v) is 5.17. The Kier molecular flexibility index (Phi) is 6.00. The highest BCUT2D eigenvalue weighted by molar-refractivity contribution is 5.88. The van der Waals surface area contributed by atoms with Crippen molar-refractivity contribution in [2.24, 2.45) is 11.7 Å². The monoisotopic (exact) mass is 366 g/mol. The molecule has 5 heteroatoms. The van der Waals surface area contributed by atoms with Crippen LogP contribution in [-0.2, 0) is 16.0 Å². The van der Waals surface area contributed by atoms with Crippen molar-refractivity contribution >= 4 is 5.78 Å². The quantitative estimate of drug-likeness (QED) is 0.847. The Bertz CT molecular complexity index is 819. The number of halogens is 1. The number of ether oxygens (including phenoxy) is 1. The second kappa shape index (κ2) is 8.43. The first kappa shape index (κ1) is 19.2. The second-order valence-electron chi connectivity index (χ2n) is 7.13. The molecule has 1 aliphatic heterocycles. The van der Waals surface area contributed by atoms with Crippen LogP contribution in [0.25, 0.3) is 11.1 Å². The Morgan fingerprint density at radius 1 is 1.11 bits per heavy atom. The molecule has 1 atom stereocenters. The van der Waals surface area contributed by atoms with Crippen molar-refractivity contribution in [2.45, 2.75) is 31.2 Å². The lowest BCUT2D eigenvalue weighted by Gasteiger charge is -2.32. The minimum absolute atomic E-state index is 0.0553. The second-order valence-corrected chi connectivity index (χ2v) is 7.13. The summed E-state index contributed by atoms with van der Waals surface area (Å²) in [6, 6.07) is 16.3. The normalized spacial score (nSPS) is 17.1. The van der Waals surface area contributed by atoms with Crippen molar-refractivity contribution in [3.05, 3.63) is 59.9 Å². The molecule has 140 valence electrons. The van der Waals surface area contributed by atoms with Gasteiger partial charge in [-0.25, -0.2) is 4.39 Å². The minimum atomic E-state index is -0.861. The SMILES string of the molecule is N#C[C@@H](CC(=O)C1(N)CCOCC1)Cc1ccc(-c2ccc(F)cc2)cc1. The number of nitrogens with two attached hydrogens (primary N) is 1. The molecule has 0 spiro atoms. The molecule has 0 amide bonds. The van der Waals surface area contributed by atoms with E-state index in [1.165, 1.54) is 12.1 Å². The van der Waals surface area contributed by atoms with Gasteiger partial charge in [0, 0.05) is 19.6 Å². The topological polar surface area (TPSA) is 76.1 Å². The molecule has 2 aromatic rings. The largest absolute Gasteiger partial charge is 0.381 e. The number of carbonyl (C=O) groups is 1. The number of Topliss-reactive ketones (excluding diaryl/α,β-unsaturated/α-hetero) is 1. The van der Waals surface area contributed by atoms with E-state index >= 15 is 0 Å². The smallest absolute Gasteiger partial charge is 0.154 e. The number of carbonyl (C=O) groups excluding carboxylic acids is 1. The van der Waals surface area contributed by atoms with Crippen LogP contribution in [0.4, 0.5) is 4.39 Å². The molecule has 0 aromatic heterocycles. The average molecular weight is 366 g/mol. The highest BCUT2D eigenvalue weighted by Crippen LogP contribution is 2.25. The first-order valence-corrected chi connectivity index (χ1v) is 9.14. The van der Waals surface area contributed by atoms with Crippen LogP contribution in [0.1, 0.15) is 24.8 Å². The van der Waals surface area contributed by atoms with E-state index in [2.05, 4.69) is 6.07 Å². The van der Waals surface area contributed by atoms with Gasteiger partial charge in [0.25, 0.3) is 0 Å². The van der Waals surface area contributed by atoms with Crippen molar-refractivity contribution in [1.29, 1.82) is 5.26 Å². The predicted octanol–water partition coefficient (Wildman–Crippen LogP) is 3.64. The molecular formula is C22H23FN2O2. The molecule has 27 heavy (non-hydrogen) atoms. The summed E-state index contributed by atoms with van der Waals surface area (Å²) in [7, 11) is 0. The zero-order valence-corrected chi connectivity index (χ0v) is 15.2. The van der Waals surface area contributed by atoms with Crippen molar-refractivity contribution in [3.8, 4) is 17.2 Å². The maximum absolute atomic E-state index is 13.0. The molecule has 1 saturated heterocycles. The lowest BCUT2D eigenvalue weighted by molar-refractivity contribution is -0.128. The highest BCUT2D eigenvalue weighted by atomic mass is 19.1. The Balaban J connectivity index is 1.63. The highest BCUT2D eigenvalue weighted by Gasteiger charge is 2.36. The van der Waals surface area contributed by atoms with E-state index in [0.29, 0.717) is 32.5 Å². The Morgan fingerprint density at radius 2 is 1.67 bits per heavy atom. The molecule has 1 heterocycles. The van der Waals surface area contributed by atoms with Gasteiger partial charge in [-0.05, 0) is 48.1 Å². The molecule has 0 bridgehead atoms. The minimum Gasteiger partial charge on any atom is -0.381 e. The first-order chi connectivity index (χ1) is 13.0. The van der Waals surface area contributed by atoms with Crippen LogP contribution in [0.5, 0.6) is 0 Å². The van der Waals surface area contributed by atoms with Crippen molar-refractivity contribution in [3.63, 3.8) is 0 Å². The molecule has 1 aliphatic rings. The van der Waals surface area contributed by atoms with Gasteiger partial charge in [0.1, 0.15) is 5.82 Å². The molecule has 3 rings (SSSR count). The number of rotatable bonds is 6. The standard InChI is InChI=1S/C22H23FN2O2/c23-20-7-5-19(6-8-20)18-3-1-16(2-4-18)13-17(15-24)14-21(26)22(25)9-11-27-12-10-22/h1-8,17H,9-14,25H2/t17-/m1/s1. The lowest BCUT2D eigenvalue weighted by atomic mass is 9.81. The fraction of sp³-hybridized carbons (Fsp3) is 0.364. The van der Waals surface area contributed by atoms with Crippen LogP contribution < -0.4 is 5.73 Å².